The molecule has 2 rings (SSSR count). The molecule has 0 unspecified atom stereocenters. The molecule has 0 saturated carbocycles. The standard InChI is InChI=1S/C17H18FN3O2S/c1-12(14-4-3-5-16(10-14)21(22)23)20(2)17(24)19-11-13-6-8-15(18)9-7-13/h3-10,12H,11H2,1-2H3,(H,19,24)/t12-/m0/s1. The number of nitro groups is 1. The highest BCUT2D eigenvalue weighted by atomic mass is 32.1. The maximum absolute atomic E-state index is 12.9. The molecule has 5 nitrogen and oxygen atoms in total. The Labute approximate surface area is 145 Å². The summed E-state index contributed by atoms with van der Waals surface area (Å²) in [4.78, 5) is 12.3. The lowest BCUT2D eigenvalue weighted by atomic mass is 10.1. The number of non-ortho nitro benzene ring substituents is 1. The van der Waals surface area contributed by atoms with Gasteiger partial charge in [-0.3, -0.25) is 10.1 Å². The minimum absolute atomic E-state index is 0.0536. The van der Waals surface area contributed by atoms with Crippen molar-refractivity contribution in [2.75, 3.05) is 7.05 Å². The highest BCUT2D eigenvalue weighted by molar-refractivity contribution is 7.80. The van der Waals surface area contributed by atoms with E-state index in [9.17, 15) is 14.5 Å². The zero-order chi connectivity index (χ0) is 17.7. The Morgan fingerprint density at radius 2 is 2.00 bits per heavy atom. The molecule has 126 valence electrons. The third-order valence-electron chi connectivity index (χ3n) is 3.82. The van der Waals surface area contributed by atoms with Gasteiger partial charge in [0.2, 0.25) is 0 Å². The Kier molecular flexibility index (Phi) is 5.81. The van der Waals surface area contributed by atoms with Crippen molar-refractivity contribution in [1.82, 2.24) is 10.2 Å². The van der Waals surface area contributed by atoms with E-state index in [1.54, 1.807) is 24.3 Å². The smallest absolute Gasteiger partial charge is 0.269 e. The Morgan fingerprint density at radius 3 is 2.62 bits per heavy atom. The van der Waals surface area contributed by atoms with E-state index in [-0.39, 0.29) is 17.5 Å². The first-order valence-electron chi connectivity index (χ1n) is 7.38. The number of rotatable bonds is 5. The van der Waals surface area contributed by atoms with Crippen LogP contribution in [0.15, 0.2) is 48.5 Å². The fourth-order valence-electron chi connectivity index (χ4n) is 2.20. The van der Waals surface area contributed by atoms with Gasteiger partial charge in [-0.1, -0.05) is 24.3 Å². The van der Waals surface area contributed by atoms with E-state index < -0.39 is 4.92 Å². The van der Waals surface area contributed by atoms with Crippen LogP contribution in [0, 0.1) is 15.9 Å². The predicted molar refractivity (Wildman–Crippen MR) is 95.1 cm³/mol. The monoisotopic (exact) mass is 347 g/mol. The van der Waals surface area contributed by atoms with Crippen LogP contribution >= 0.6 is 12.2 Å². The van der Waals surface area contributed by atoms with E-state index in [0.717, 1.165) is 11.1 Å². The van der Waals surface area contributed by atoms with Crippen LogP contribution in [0.3, 0.4) is 0 Å². The molecule has 24 heavy (non-hydrogen) atoms. The lowest BCUT2D eigenvalue weighted by Crippen LogP contribution is -2.38. The Balaban J connectivity index is 2.00. The van der Waals surface area contributed by atoms with E-state index in [2.05, 4.69) is 5.32 Å². The van der Waals surface area contributed by atoms with Crippen molar-refractivity contribution >= 4 is 23.0 Å². The fraction of sp³-hybridized carbons (Fsp3) is 0.235. The maximum Gasteiger partial charge on any atom is 0.269 e. The van der Waals surface area contributed by atoms with Gasteiger partial charge in [-0.2, -0.15) is 0 Å². The minimum Gasteiger partial charge on any atom is -0.358 e. The summed E-state index contributed by atoms with van der Waals surface area (Å²) in [5.74, 6) is -0.280. The van der Waals surface area contributed by atoms with Crippen LogP contribution in [0.2, 0.25) is 0 Å². The largest absolute Gasteiger partial charge is 0.358 e. The number of hydrogen-bond acceptors (Lipinski definition) is 3. The molecule has 0 bridgehead atoms. The second-order valence-electron chi connectivity index (χ2n) is 5.42. The molecule has 2 aromatic rings. The molecule has 0 aliphatic heterocycles. The number of hydrogen-bond donors (Lipinski definition) is 1. The maximum atomic E-state index is 12.9. The van der Waals surface area contributed by atoms with Crippen molar-refractivity contribution in [3.8, 4) is 0 Å². The number of nitro benzene ring substituents is 1. The molecule has 0 fully saturated rings. The molecule has 0 amide bonds. The number of nitrogens with zero attached hydrogens (tertiary/aromatic N) is 2. The van der Waals surface area contributed by atoms with E-state index >= 15 is 0 Å². The number of thiocarbonyl (C=S) groups is 1. The first kappa shape index (κ1) is 17.8. The summed E-state index contributed by atoms with van der Waals surface area (Å²) < 4.78 is 12.9. The summed E-state index contributed by atoms with van der Waals surface area (Å²) in [6, 6.07) is 12.5. The minimum atomic E-state index is -0.415. The quantitative estimate of drug-likeness (QED) is 0.506. The van der Waals surface area contributed by atoms with Crippen LogP contribution in [-0.4, -0.2) is 22.0 Å². The van der Waals surface area contributed by atoms with Crippen molar-refractivity contribution in [2.45, 2.75) is 19.5 Å². The van der Waals surface area contributed by atoms with Crippen molar-refractivity contribution < 1.29 is 9.31 Å². The third kappa shape index (κ3) is 4.48. The Hall–Kier alpha value is -2.54. The fourth-order valence-corrected chi connectivity index (χ4v) is 2.43. The van der Waals surface area contributed by atoms with Crippen molar-refractivity contribution in [3.63, 3.8) is 0 Å². The molecule has 0 spiro atoms. The summed E-state index contributed by atoms with van der Waals surface area (Å²) >= 11 is 5.37. The summed E-state index contributed by atoms with van der Waals surface area (Å²) in [7, 11) is 1.82. The highest BCUT2D eigenvalue weighted by Crippen LogP contribution is 2.23. The first-order valence-corrected chi connectivity index (χ1v) is 7.78. The van der Waals surface area contributed by atoms with Crippen LogP contribution < -0.4 is 5.32 Å². The molecule has 0 heterocycles. The molecular formula is C17H18FN3O2S. The number of benzene rings is 2. The normalized spacial score (nSPS) is 11.6. The lowest BCUT2D eigenvalue weighted by molar-refractivity contribution is -0.384. The van der Waals surface area contributed by atoms with E-state index in [0.29, 0.717) is 11.7 Å². The van der Waals surface area contributed by atoms with Crippen LogP contribution in [0.5, 0.6) is 0 Å². The molecule has 2 aromatic carbocycles. The molecule has 0 saturated heterocycles. The van der Waals surface area contributed by atoms with Crippen LogP contribution in [0.1, 0.15) is 24.1 Å². The zero-order valence-corrected chi connectivity index (χ0v) is 14.2. The highest BCUT2D eigenvalue weighted by Gasteiger charge is 2.17. The average Bonchev–Trinajstić information content (AvgIpc) is 2.59. The lowest BCUT2D eigenvalue weighted by Gasteiger charge is -2.28. The van der Waals surface area contributed by atoms with Crippen molar-refractivity contribution in [3.05, 3.63) is 75.6 Å². The second kappa shape index (κ2) is 7.83. The molecule has 0 aliphatic carbocycles. The van der Waals surface area contributed by atoms with E-state index in [1.165, 1.54) is 18.2 Å². The summed E-state index contributed by atoms with van der Waals surface area (Å²) in [5.41, 5.74) is 1.77. The van der Waals surface area contributed by atoms with Gasteiger partial charge in [-0.25, -0.2) is 4.39 Å². The molecule has 1 atom stereocenters. The van der Waals surface area contributed by atoms with Gasteiger partial charge in [0.05, 0.1) is 11.0 Å². The van der Waals surface area contributed by atoms with Crippen molar-refractivity contribution in [1.29, 1.82) is 0 Å². The molecule has 1 N–H and O–H groups in total. The summed E-state index contributed by atoms with van der Waals surface area (Å²) in [6.07, 6.45) is 0. The average molecular weight is 347 g/mol. The summed E-state index contributed by atoms with van der Waals surface area (Å²) in [6.45, 7) is 2.40. The molecule has 0 radical (unpaired) electrons. The zero-order valence-electron chi connectivity index (χ0n) is 13.4. The van der Waals surface area contributed by atoms with Gasteiger partial charge >= 0.3 is 0 Å². The molecular weight excluding hydrogens is 329 g/mol. The SMILES string of the molecule is C[C@@H](c1cccc([N+](=O)[O-])c1)N(C)C(=S)NCc1ccc(F)cc1. The van der Waals surface area contributed by atoms with Gasteiger partial charge in [0.25, 0.3) is 5.69 Å². The Bertz CT molecular complexity index is 737. The Morgan fingerprint density at radius 1 is 1.33 bits per heavy atom. The van der Waals surface area contributed by atoms with E-state index in [4.69, 9.17) is 12.2 Å². The van der Waals surface area contributed by atoms with Crippen LogP contribution in [0.4, 0.5) is 10.1 Å². The second-order valence-corrected chi connectivity index (χ2v) is 5.81. The van der Waals surface area contributed by atoms with Gasteiger partial charge in [-0.15, -0.1) is 0 Å². The van der Waals surface area contributed by atoms with Gasteiger partial charge in [0.15, 0.2) is 5.11 Å². The van der Waals surface area contributed by atoms with Crippen LogP contribution in [-0.2, 0) is 6.54 Å². The van der Waals surface area contributed by atoms with Gasteiger partial charge in [0.1, 0.15) is 5.82 Å². The van der Waals surface area contributed by atoms with E-state index in [1.807, 2.05) is 24.9 Å². The molecule has 7 heteroatoms. The van der Waals surface area contributed by atoms with Crippen LogP contribution in [0.25, 0.3) is 0 Å². The summed E-state index contributed by atoms with van der Waals surface area (Å²) in [5, 5.41) is 14.5. The molecule has 0 aliphatic rings. The third-order valence-corrected chi connectivity index (χ3v) is 4.25. The predicted octanol–water partition coefficient (Wildman–Crippen LogP) is 3.80. The van der Waals surface area contributed by atoms with Gasteiger partial charge in [-0.05, 0) is 42.4 Å². The van der Waals surface area contributed by atoms with Crippen molar-refractivity contribution in [2.24, 2.45) is 0 Å². The number of halogens is 1. The number of nitrogens with one attached hydrogen (secondary N) is 1. The first-order chi connectivity index (χ1) is 11.4. The van der Waals surface area contributed by atoms with Gasteiger partial charge in [0, 0.05) is 25.7 Å². The van der Waals surface area contributed by atoms with Gasteiger partial charge < -0.3 is 10.2 Å². The molecule has 0 aromatic heterocycles. The topological polar surface area (TPSA) is 58.4 Å².